The van der Waals surface area contributed by atoms with E-state index in [0.29, 0.717) is 6.04 Å². The molecule has 0 amide bonds. The molecule has 2 heteroatoms. The predicted octanol–water partition coefficient (Wildman–Crippen LogP) is 2.90. The molecule has 0 saturated heterocycles. The summed E-state index contributed by atoms with van der Waals surface area (Å²) < 4.78 is 12.8. The van der Waals surface area contributed by atoms with E-state index in [1.807, 2.05) is 7.05 Å². The molecule has 0 aromatic rings. The van der Waals surface area contributed by atoms with Crippen molar-refractivity contribution in [1.29, 1.82) is 0 Å². The quantitative estimate of drug-likeness (QED) is 0.713. The van der Waals surface area contributed by atoms with Crippen LogP contribution in [0, 0.1) is 5.92 Å². The van der Waals surface area contributed by atoms with Crippen molar-refractivity contribution < 1.29 is 4.39 Å². The summed E-state index contributed by atoms with van der Waals surface area (Å²) in [7, 11) is 2.00. The van der Waals surface area contributed by atoms with Gasteiger partial charge in [-0.15, -0.1) is 0 Å². The van der Waals surface area contributed by atoms with Crippen LogP contribution in [0.25, 0.3) is 0 Å². The van der Waals surface area contributed by atoms with E-state index in [4.69, 9.17) is 0 Å². The van der Waals surface area contributed by atoms with E-state index in [9.17, 15) is 4.39 Å². The fraction of sp³-hybridized carbons (Fsp3) is 1.00. The molecule has 0 spiro atoms. The maximum Gasteiger partial charge on any atom is 0.100 e. The monoisotopic (exact) mass is 187 g/mol. The zero-order chi connectivity index (χ0) is 9.68. The first kappa shape index (κ1) is 11.0. The summed E-state index contributed by atoms with van der Waals surface area (Å²) in [5.74, 6) is 0.794. The molecule has 1 saturated carbocycles. The summed E-state index contributed by atoms with van der Waals surface area (Å²) in [6.07, 6.45) is 5.83. The molecule has 1 N–H and O–H groups in total. The Labute approximate surface area is 81.1 Å². The lowest BCUT2D eigenvalue weighted by Gasteiger charge is -2.25. The van der Waals surface area contributed by atoms with Gasteiger partial charge < -0.3 is 5.32 Å². The van der Waals surface area contributed by atoms with Crippen LogP contribution in [0.1, 0.15) is 45.4 Å². The van der Waals surface area contributed by atoms with E-state index in [1.54, 1.807) is 0 Å². The lowest BCUT2D eigenvalue weighted by Crippen LogP contribution is -2.23. The summed E-state index contributed by atoms with van der Waals surface area (Å²) in [6.45, 7) is 2.21. The third-order valence-electron chi connectivity index (χ3n) is 3.28. The van der Waals surface area contributed by atoms with Crippen LogP contribution in [0.2, 0.25) is 0 Å². The summed E-state index contributed by atoms with van der Waals surface area (Å²) >= 11 is 0. The molecule has 1 aliphatic carbocycles. The molecule has 0 radical (unpaired) electrons. The lowest BCUT2D eigenvalue weighted by atomic mass is 9.84. The molecule has 0 aromatic carbocycles. The molecule has 78 valence electrons. The topological polar surface area (TPSA) is 12.0 Å². The molecular weight excluding hydrogens is 165 g/mol. The summed E-state index contributed by atoms with van der Waals surface area (Å²) in [5.41, 5.74) is 0. The van der Waals surface area contributed by atoms with Crippen LogP contribution < -0.4 is 5.32 Å². The average Bonchev–Trinajstić information content (AvgIpc) is 2.16. The van der Waals surface area contributed by atoms with Gasteiger partial charge in [0.2, 0.25) is 0 Å². The van der Waals surface area contributed by atoms with Crippen LogP contribution in [0.15, 0.2) is 0 Å². The molecule has 1 fully saturated rings. The highest BCUT2D eigenvalue weighted by atomic mass is 19.1. The van der Waals surface area contributed by atoms with Crippen LogP contribution >= 0.6 is 0 Å². The maximum atomic E-state index is 12.8. The van der Waals surface area contributed by atoms with Gasteiger partial charge in [-0.05, 0) is 58.4 Å². The Morgan fingerprint density at radius 3 is 2.46 bits per heavy atom. The van der Waals surface area contributed by atoms with Gasteiger partial charge in [0.15, 0.2) is 0 Å². The van der Waals surface area contributed by atoms with Crippen molar-refractivity contribution in [3.05, 3.63) is 0 Å². The molecule has 1 unspecified atom stereocenters. The van der Waals surface area contributed by atoms with Gasteiger partial charge in [-0.2, -0.15) is 0 Å². The first-order valence-electron chi connectivity index (χ1n) is 5.53. The zero-order valence-corrected chi connectivity index (χ0v) is 8.85. The Balaban J connectivity index is 2.08. The van der Waals surface area contributed by atoms with Crippen molar-refractivity contribution in [2.45, 2.75) is 57.7 Å². The maximum absolute atomic E-state index is 12.8. The second kappa shape index (κ2) is 5.58. The Morgan fingerprint density at radius 1 is 1.31 bits per heavy atom. The number of hydrogen-bond acceptors (Lipinski definition) is 1. The highest BCUT2D eigenvalue weighted by molar-refractivity contribution is 4.73. The van der Waals surface area contributed by atoms with Gasteiger partial charge in [-0.3, -0.25) is 0 Å². The molecule has 0 bridgehead atoms. The molecule has 13 heavy (non-hydrogen) atoms. The van der Waals surface area contributed by atoms with Gasteiger partial charge in [-0.25, -0.2) is 4.39 Å². The van der Waals surface area contributed by atoms with Crippen molar-refractivity contribution >= 4 is 0 Å². The van der Waals surface area contributed by atoms with Gasteiger partial charge in [-0.1, -0.05) is 0 Å². The van der Waals surface area contributed by atoms with E-state index < -0.39 is 6.17 Å². The number of alkyl halides is 1. The molecule has 0 aromatic heterocycles. The number of nitrogens with one attached hydrogen (secondary N) is 1. The van der Waals surface area contributed by atoms with Crippen molar-refractivity contribution in [3.8, 4) is 0 Å². The highest BCUT2D eigenvalue weighted by Crippen LogP contribution is 2.29. The van der Waals surface area contributed by atoms with Crippen LogP contribution in [-0.2, 0) is 0 Å². The Bertz CT molecular complexity index is 130. The van der Waals surface area contributed by atoms with Gasteiger partial charge in [0.25, 0.3) is 0 Å². The van der Waals surface area contributed by atoms with E-state index in [2.05, 4.69) is 12.2 Å². The lowest BCUT2D eigenvalue weighted by molar-refractivity contribution is 0.197. The minimum absolute atomic E-state index is 0.502. The fourth-order valence-corrected chi connectivity index (χ4v) is 2.04. The van der Waals surface area contributed by atoms with E-state index >= 15 is 0 Å². The van der Waals surface area contributed by atoms with Gasteiger partial charge in [0.05, 0.1) is 0 Å². The van der Waals surface area contributed by atoms with Crippen LogP contribution in [0.4, 0.5) is 4.39 Å². The van der Waals surface area contributed by atoms with Gasteiger partial charge in [0, 0.05) is 6.04 Å². The molecule has 1 atom stereocenters. The minimum Gasteiger partial charge on any atom is -0.317 e. The number of halogens is 1. The molecule has 0 heterocycles. The first-order chi connectivity index (χ1) is 6.22. The summed E-state index contributed by atoms with van der Waals surface area (Å²) in [6, 6.07) is 0.614. The van der Waals surface area contributed by atoms with Crippen molar-refractivity contribution in [2.24, 2.45) is 5.92 Å². The van der Waals surface area contributed by atoms with E-state index in [0.717, 1.165) is 31.6 Å². The molecule has 1 rings (SSSR count). The van der Waals surface area contributed by atoms with E-state index in [1.165, 1.54) is 12.8 Å². The SMILES string of the molecule is CNC(C)CCC1CCC(F)CC1. The Morgan fingerprint density at radius 2 is 1.92 bits per heavy atom. The number of hydrogen-bond donors (Lipinski definition) is 1. The smallest absolute Gasteiger partial charge is 0.100 e. The van der Waals surface area contributed by atoms with Crippen LogP contribution in [-0.4, -0.2) is 19.3 Å². The molecule has 1 nitrogen and oxygen atoms in total. The number of rotatable bonds is 4. The fourth-order valence-electron chi connectivity index (χ4n) is 2.04. The predicted molar refractivity (Wildman–Crippen MR) is 54.6 cm³/mol. The largest absolute Gasteiger partial charge is 0.317 e. The molecule has 1 aliphatic rings. The van der Waals surface area contributed by atoms with Crippen LogP contribution in [0.3, 0.4) is 0 Å². The highest BCUT2D eigenvalue weighted by Gasteiger charge is 2.20. The Hall–Kier alpha value is -0.110. The normalized spacial score (nSPS) is 31.6. The second-order valence-electron chi connectivity index (χ2n) is 4.39. The zero-order valence-electron chi connectivity index (χ0n) is 8.85. The van der Waals surface area contributed by atoms with Crippen molar-refractivity contribution in [1.82, 2.24) is 5.32 Å². The van der Waals surface area contributed by atoms with Crippen molar-refractivity contribution in [3.63, 3.8) is 0 Å². The van der Waals surface area contributed by atoms with Crippen molar-refractivity contribution in [2.75, 3.05) is 7.05 Å². The summed E-state index contributed by atoms with van der Waals surface area (Å²) in [5, 5.41) is 3.24. The Kier molecular flexibility index (Phi) is 4.71. The third kappa shape index (κ3) is 4.08. The molecule has 0 aliphatic heterocycles. The van der Waals surface area contributed by atoms with Gasteiger partial charge in [0.1, 0.15) is 6.17 Å². The summed E-state index contributed by atoms with van der Waals surface area (Å²) in [4.78, 5) is 0. The average molecular weight is 187 g/mol. The van der Waals surface area contributed by atoms with Gasteiger partial charge >= 0.3 is 0 Å². The molecular formula is C11H22FN. The second-order valence-corrected chi connectivity index (χ2v) is 4.39. The third-order valence-corrected chi connectivity index (χ3v) is 3.28. The standard InChI is InChI=1S/C11H22FN/c1-9(13-2)3-4-10-5-7-11(12)8-6-10/h9-11,13H,3-8H2,1-2H3. The van der Waals surface area contributed by atoms with E-state index in [-0.39, 0.29) is 0 Å². The minimum atomic E-state index is -0.502. The first-order valence-corrected chi connectivity index (χ1v) is 5.53. The van der Waals surface area contributed by atoms with Crippen LogP contribution in [0.5, 0.6) is 0 Å².